The second-order valence-corrected chi connectivity index (χ2v) is 4.94. The number of aromatic nitrogens is 1. The van der Waals surface area contributed by atoms with Crippen molar-refractivity contribution in [1.29, 1.82) is 0 Å². The fourth-order valence-electron chi connectivity index (χ4n) is 1.18. The van der Waals surface area contributed by atoms with E-state index < -0.39 is 0 Å². The van der Waals surface area contributed by atoms with Gasteiger partial charge in [0.1, 0.15) is 11.6 Å². The van der Waals surface area contributed by atoms with Crippen LogP contribution in [0.2, 0.25) is 0 Å². The number of anilines is 1. The highest BCUT2D eigenvalue weighted by Gasteiger charge is 2.08. The molecule has 0 spiro atoms. The zero-order chi connectivity index (χ0) is 12.4. The molecule has 88 valence electrons. The fraction of sp³-hybridized carbons (Fsp3) is 0. The quantitative estimate of drug-likeness (QED) is 0.875. The molecule has 2 N–H and O–H groups in total. The topological polar surface area (TPSA) is 48.1 Å². The molecule has 0 radical (unpaired) electrons. The number of halogens is 3. The van der Waals surface area contributed by atoms with Gasteiger partial charge in [0.05, 0.1) is 20.8 Å². The van der Waals surface area contributed by atoms with Gasteiger partial charge in [0.15, 0.2) is 0 Å². The largest absolute Gasteiger partial charge is 0.437 e. The van der Waals surface area contributed by atoms with Gasteiger partial charge >= 0.3 is 0 Å². The zero-order valence-corrected chi connectivity index (χ0v) is 11.6. The summed E-state index contributed by atoms with van der Waals surface area (Å²) < 4.78 is 19.6. The first-order valence-corrected chi connectivity index (χ1v) is 6.19. The lowest BCUT2D eigenvalue weighted by Crippen LogP contribution is -1.93. The average Bonchev–Trinajstić information content (AvgIpc) is 2.25. The van der Waals surface area contributed by atoms with Crippen LogP contribution in [0, 0.1) is 5.82 Å². The molecule has 0 aliphatic carbocycles. The Morgan fingerprint density at radius 2 is 1.94 bits per heavy atom. The van der Waals surface area contributed by atoms with Gasteiger partial charge in [0.2, 0.25) is 5.88 Å². The highest BCUT2D eigenvalue weighted by atomic mass is 79.9. The molecule has 0 unspecified atom stereocenters. The van der Waals surface area contributed by atoms with Crippen LogP contribution in [0.15, 0.2) is 39.4 Å². The lowest BCUT2D eigenvalue weighted by atomic mass is 10.3. The van der Waals surface area contributed by atoms with E-state index >= 15 is 0 Å². The third-order valence-corrected chi connectivity index (χ3v) is 3.12. The first-order chi connectivity index (χ1) is 8.06. The van der Waals surface area contributed by atoms with Crippen LogP contribution in [0.5, 0.6) is 11.6 Å². The van der Waals surface area contributed by atoms with E-state index in [4.69, 9.17) is 10.5 Å². The van der Waals surface area contributed by atoms with E-state index in [2.05, 4.69) is 36.8 Å². The normalized spacial score (nSPS) is 10.3. The summed E-state index contributed by atoms with van der Waals surface area (Å²) >= 11 is 6.50. The number of nitrogen functional groups attached to an aromatic ring is 1. The highest BCUT2D eigenvalue weighted by Crippen LogP contribution is 2.33. The Morgan fingerprint density at radius 1 is 1.18 bits per heavy atom. The molecule has 6 heteroatoms. The Bertz CT molecular complexity index is 514. The molecule has 2 aromatic rings. The van der Waals surface area contributed by atoms with Gasteiger partial charge in [-0.25, -0.2) is 9.37 Å². The summed E-state index contributed by atoms with van der Waals surface area (Å²) in [5.74, 6) is 0.504. The van der Waals surface area contributed by atoms with Crippen molar-refractivity contribution in [3.63, 3.8) is 0 Å². The predicted octanol–water partition coefficient (Wildman–Crippen LogP) is 4.12. The average molecular weight is 362 g/mol. The number of pyridine rings is 1. The molecule has 0 fully saturated rings. The Morgan fingerprint density at radius 3 is 2.59 bits per heavy atom. The highest BCUT2D eigenvalue weighted by molar-refractivity contribution is 9.11. The summed E-state index contributed by atoms with van der Waals surface area (Å²) in [4.78, 5) is 4.03. The third kappa shape index (κ3) is 2.95. The van der Waals surface area contributed by atoms with Crippen molar-refractivity contribution in [1.82, 2.24) is 4.98 Å². The first-order valence-electron chi connectivity index (χ1n) is 4.60. The minimum absolute atomic E-state index is 0.339. The van der Waals surface area contributed by atoms with Crippen molar-refractivity contribution in [3.05, 3.63) is 45.2 Å². The third-order valence-electron chi connectivity index (χ3n) is 1.93. The SMILES string of the molecule is Nc1cnc(Oc2ccc(F)cc2Br)c(Br)c1. The van der Waals surface area contributed by atoms with E-state index in [0.29, 0.717) is 26.3 Å². The van der Waals surface area contributed by atoms with Crippen molar-refractivity contribution in [2.75, 3.05) is 5.73 Å². The minimum Gasteiger partial charge on any atom is -0.437 e. The molecule has 2 rings (SSSR count). The monoisotopic (exact) mass is 360 g/mol. The predicted molar refractivity (Wildman–Crippen MR) is 70.5 cm³/mol. The van der Waals surface area contributed by atoms with Crippen molar-refractivity contribution in [3.8, 4) is 11.6 Å². The Hall–Kier alpha value is -1.14. The molecule has 0 saturated heterocycles. The summed E-state index contributed by atoms with van der Waals surface area (Å²) in [6.45, 7) is 0. The van der Waals surface area contributed by atoms with Crippen molar-refractivity contribution in [2.45, 2.75) is 0 Å². The van der Waals surface area contributed by atoms with E-state index in [-0.39, 0.29) is 5.82 Å². The number of rotatable bonds is 2. The summed E-state index contributed by atoms with van der Waals surface area (Å²) in [6, 6.07) is 5.83. The van der Waals surface area contributed by atoms with Gasteiger partial charge in [-0.15, -0.1) is 0 Å². The maximum Gasteiger partial charge on any atom is 0.233 e. The van der Waals surface area contributed by atoms with E-state index in [1.165, 1.54) is 24.4 Å². The van der Waals surface area contributed by atoms with Gasteiger partial charge in [-0.1, -0.05) is 0 Å². The standard InChI is InChI=1S/C11H7Br2FN2O/c12-8-3-6(14)1-2-10(8)17-11-9(13)4-7(15)5-16-11/h1-5H,15H2. The van der Waals surface area contributed by atoms with E-state index in [9.17, 15) is 4.39 Å². The van der Waals surface area contributed by atoms with Gasteiger partial charge in [0, 0.05) is 0 Å². The second-order valence-electron chi connectivity index (χ2n) is 3.23. The van der Waals surface area contributed by atoms with E-state index in [0.717, 1.165) is 0 Å². The molecular weight excluding hydrogens is 355 g/mol. The Labute approximate surface area is 114 Å². The van der Waals surface area contributed by atoms with Crippen LogP contribution in [0.25, 0.3) is 0 Å². The summed E-state index contributed by atoms with van der Waals surface area (Å²) in [5, 5.41) is 0. The molecule has 1 heterocycles. The van der Waals surface area contributed by atoms with Crippen LogP contribution in [-0.4, -0.2) is 4.98 Å². The molecule has 0 saturated carbocycles. The van der Waals surface area contributed by atoms with E-state index in [1.54, 1.807) is 6.07 Å². The number of hydrogen-bond acceptors (Lipinski definition) is 3. The molecule has 1 aromatic heterocycles. The van der Waals surface area contributed by atoms with Crippen LogP contribution in [0.3, 0.4) is 0 Å². The first kappa shape index (κ1) is 12.3. The molecular formula is C11H7Br2FN2O. The van der Waals surface area contributed by atoms with Crippen LogP contribution >= 0.6 is 31.9 Å². The maximum absolute atomic E-state index is 12.9. The fourth-order valence-corrected chi connectivity index (χ4v) is 2.06. The van der Waals surface area contributed by atoms with Crippen LogP contribution in [-0.2, 0) is 0 Å². The molecule has 0 atom stereocenters. The summed E-state index contributed by atoms with van der Waals surface area (Å²) in [7, 11) is 0. The zero-order valence-electron chi connectivity index (χ0n) is 8.45. The molecule has 0 aliphatic heterocycles. The summed E-state index contributed by atoms with van der Waals surface area (Å²) in [5.41, 5.74) is 6.09. The van der Waals surface area contributed by atoms with E-state index in [1.807, 2.05) is 0 Å². The van der Waals surface area contributed by atoms with Crippen LogP contribution in [0.1, 0.15) is 0 Å². The van der Waals surface area contributed by atoms with Gasteiger partial charge in [0.25, 0.3) is 0 Å². The number of nitrogens with two attached hydrogens (primary N) is 1. The van der Waals surface area contributed by atoms with Crippen molar-refractivity contribution in [2.24, 2.45) is 0 Å². The van der Waals surface area contributed by atoms with Gasteiger partial charge in [-0.3, -0.25) is 0 Å². The number of benzene rings is 1. The lowest BCUT2D eigenvalue weighted by molar-refractivity contribution is 0.455. The summed E-state index contributed by atoms with van der Waals surface area (Å²) in [6.07, 6.45) is 1.48. The lowest BCUT2D eigenvalue weighted by Gasteiger charge is -2.08. The Kier molecular flexibility index (Phi) is 3.63. The van der Waals surface area contributed by atoms with Gasteiger partial charge in [-0.2, -0.15) is 0 Å². The molecule has 0 amide bonds. The van der Waals surface area contributed by atoms with Crippen molar-refractivity contribution >= 4 is 37.5 Å². The number of nitrogens with zero attached hydrogens (tertiary/aromatic N) is 1. The molecule has 0 bridgehead atoms. The number of ether oxygens (including phenoxy) is 1. The number of hydrogen-bond donors (Lipinski definition) is 1. The van der Waals surface area contributed by atoms with Gasteiger partial charge < -0.3 is 10.5 Å². The second kappa shape index (κ2) is 5.01. The molecule has 0 aliphatic rings. The van der Waals surface area contributed by atoms with Crippen molar-refractivity contribution < 1.29 is 9.13 Å². The van der Waals surface area contributed by atoms with Gasteiger partial charge in [-0.05, 0) is 56.1 Å². The maximum atomic E-state index is 12.9. The smallest absolute Gasteiger partial charge is 0.233 e. The molecule has 3 nitrogen and oxygen atoms in total. The molecule has 1 aromatic carbocycles. The molecule has 17 heavy (non-hydrogen) atoms. The minimum atomic E-state index is -0.339. The Balaban J connectivity index is 2.31. The van der Waals surface area contributed by atoms with Crippen LogP contribution < -0.4 is 10.5 Å². The van der Waals surface area contributed by atoms with Crippen LogP contribution in [0.4, 0.5) is 10.1 Å².